The van der Waals surface area contributed by atoms with Gasteiger partial charge in [0.05, 0.1) is 42.8 Å². The van der Waals surface area contributed by atoms with Crippen LogP contribution in [0.1, 0.15) is 35.7 Å². The third-order valence-electron chi connectivity index (χ3n) is 7.77. The van der Waals surface area contributed by atoms with E-state index >= 15 is 0 Å². The first-order valence-electron chi connectivity index (χ1n) is 12.6. The Kier molecular flexibility index (Phi) is 4.92. The second-order valence-electron chi connectivity index (χ2n) is 10.1. The van der Waals surface area contributed by atoms with Crippen molar-refractivity contribution in [3.05, 3.63) is 47.5 Å². The molecule has 35 heavy (non-hydrogen) atoms. The minimum Gasteiger partial charge on any atom is -0.377 e. The summed E-state index contributed by atoms with van der Waals surface area (Å²) in [5.74, 6) is 0.925. The van der Waals surface area contributed by atoms with Crippen LogP contribution in [-0.2, 0) is 16.0 Å². The van der Waals surface area contributed by atoms with E-state index in [4.69, 9.17) is 19.4 Å². The Morgan fingerprint density at radius 1 is 1.06 bits per heavy atom. The van der Waals surface area contributed by atoms with Gasteiger partial charge in [-0.2, -0.15) is 0 Å². The van der Waals surface area contributed by atoms with Gasteiger partial charge in [0, 0.05) is 48.8 Å². The summed E-state index contributed by atoms with van der Waals surface area (Å²) in [5, 5.41) is 3.95. The van der Waals surface area contributed by atoms with Gasteiger partial charge in [0.2, 0.25) is 0 Å². The smallest absolute Gasteiger partial charge is 0.251 e. The maximum atomic E-state index is 12.2. The molecule has 6 heterocycles. The van der Waals surface area contributed by atoms with Crippen LogP contribution in [0.15, 0.2) is 36.4 Å². The number of fused-ring (bicyclic) bond motifs is 4. The van der Waals surface area contributed by atoms with Crippen LogP contribution in [0.4, 0.5) is 11.5 Å². The molecule has 1 aromatic carbocycles. The van der Waals surface area contributed by atoms with Gasteiger partial charge in [-0.25, -0.2) is 9.97 Å². The predicted molar refractivity (Wildman–Crippen MR) is 134 cm³/mol. The van der Waals surface area contributed by atoms with Gasteiger partial charge >= 0.3 is 0 Å². The van der Waals surface area contributed by atoms with Crippen LogP contribution < -0.4 is 15.1 Å². The van der Waals surface area contributed by atoms with Gasteiger partial charge in [-0.05, 0) is 43.5 Å². The number of hydrogen-bond donors (Lipinski definition) is 1. The van der Waals surface area contributed by atoms with Crippen LogP contribution in [0.2, 0.25) is 0 Å². The number of hydrogen-bond acceptors (Lipinski definition) is 7. The van der Waals surface area contributed by atoms with Gasteiger partial charge in [-0.15, -0.1) is 0 Å². The van der Waals surface area contributed by atoms with Crippen molar-refractivity contribution >= 4 is 28.4 Å². The fraction of sp³-hybridized carbons (Fsp3) is 0.444. The first kappa shape index (κ1) is 21.1. The van der Waals surface area contributed by atoms with Crippen molar-refractivity contribution in [1.82, 2.24) is 15.3 Å². The molecule has 8 nitrogen and oxygen atoms in total. The monoisotopic (exact) mass is 471 g/mol. The highest BCUT2D eigenvalue weighted by Crippen LogP contribution is 2.36. The zero-order valence-corrected chi connectivity index (χ0v) is 19.9. The number of benzene rings is 1. The number of ether oxygens (including phenoxy) is 2. The Morgan fingerprint density at radius 2 is 1.91 bits per heavy atom. The highest BCUT2D eigenvalue weighted by atomic mass is 16.5. The van der Waals surface area contributed by atoms with Crippen molar-refractivity contribution in [3.63, 3.8) is 0 Å². The number of carbonyl (C=O) groups excluding carboxylic acids is 1. The van der Waals surface area contributed by atoms with Crippen molar-refractivity contribution in [1.29, 1.82) is 0 Å². The Morgan fingerprint density at radius 3 is 2.74 bits per heavy atom. The van der Waals surface area contributed by atoms with Crippen molar-refractivity contribution in [2.24, 2.45) is 0 Å². The first-order chi connectivity index (χ1) is 17.1. The Balaban J connectivity index is 1.34. The van der Waals surface area contributed by atoms with Crippen molar-refractivity contribution in [2.75, 3.05) is 42.6 Å². The lowest BCUT2D eigenvalue weighted by Crippen LogP contribution is -2.45. The molecule has 4 aliphatic heterocycles. The third kappa shape index (κ3) is 3.63. The molecule has 2 bridgehead atoms. The number of rotatable bonds is 3. The Labute approximate surface area is 204 Å². The molecular weight excluding hydrogens is 442 g/mol. The molecule has 3 aromatic rings. The van der Waals surface area contributed by atoms with Gasteiger partial charge in [0.25, 0.3) is 5.91 Å². The number of nitrogens with zero attached hydrogens (tertiary/aromatic N) is 4. The van der Waals surface area contributed by atoms with Crippen LogP contribution in [0.25, 0.3) is 22.3 Å². The fourth-order valence-electron chi connectivity index (χ4n) is 5.89. The summed E-state index contributed by atoms with van der Waals surface area (Å²) >= 11 is 0. The van der Waals surface area contributed by atoms with E-state index in [1.807, 2.05) is 24.3 Å². The zero-order chi connectivity index (χ0) is 23.5. The highest BCUT2D eigenvalue weighted by molar-refractivity contribution is 5.99. The number of amides is 1. The van der Waals surface area contributed by atoms with Gasteiger partial charge < -0.3 is 24.6 Å². The van der Waals surface area contributed by atoms with Crippen LogP contribution in [-0.4, -0.2) is 67.0 Å². The lowest BCUT2D eigenvalue weighted by atomic mass is 10.0. The first-order valence-corrected chi connectivity index (χ1v) is 12.6. The molecule has 1 N–H and O–H groups in total. The second kappa shape index (κ2) is 8.17. The largest absolute Gasteiger partial charge is 0.377 e. The highest BCUT2D eigenvalue weighted by Gasteiger charge is 2.35. The zero-order valence-electron chi connectivity index (χ0n) is 19.9. The molecule has 2 aromatic heterocycles. The number of aromatic nitrogens is 2. The summed E-state index contributed by atoms with van der Waals surface area (Å²) in [5.41, 5.74) is 5.44. The molecule has 180 valence electrons. The Hall–Kier alpha value is -3.23. The van der Waals surface area contributed by atoms with E-state index in [0.717, 1.165) is 71.7 Å². The minimum absolute atomic E-state index is 0.0198. The molecule has 4 aliphatic rings. The lowest BCUT2D eigenvalue weighted by molar-refractivity contribution is 0.0306. The van der Waals surface area contributed by atoms with Crippen molar-refractivity contribution in [3.8, 4) is 11.3 Å². The summed E-state index contributed by atoms with van der Waals surface area (Å²) in [4.78, 5) is 27.1. The predicted octanol–water partition coefficient (Wildman–Crippen LogP) is 3.13. The van der Waals surface area contributed by atoms with Crippen molar-refractivity contribution in [2.45, 2.75) is 44.6 Å². The minimum atomic E-state index is -0.0198. The molecule has 3 atom stereocenters. The molecule has 2 unspecified atom stereocenters. The molecule has 0 aliphatic carbocycles. The lowest BCUT2D eigenvalue weighted by Gasteiger charge is -2.37. The van der Waals surface area contributed by atoms with E-state index in [9.17, 15) is 4.79 Å². The molecule has 3 saturated heterocycles. The maximum absolute atomic E-state index is 12.2. The topological polar surface area (TPSA) is 79.8 Å². The average molecular weight is 472 g/mol. The van der Waals surface area contributed by atoms with Crippen molar-refractivity contribution < 1.29 is 14.3 Å². The summed E-state index contributed by atoms with van der Waals surface area (Å²) in [6, 6.07) is 12.7. The second-order valence-corrected chi connectivity index (χ2v) is 10.1. The summed E-state index contributed by atoms with van der Waals surface area (Å²) in [6.45, 7) is 6.78. The molecule has 0 spiro atoms. The van der Waals surface area contributed by atoms with Crippen LogP contribution in [0, 0.1) is 0 Å². The fourth-order valence-corrected chi connectivity index (χ4v) is 5.89. The summed E-state index contributed by atoms with van der Waals surface area (Å²) in [6.07, 6.45) is 2.86. The number of carbonyl (C=O) groups is 1. The Bertz CT molecular complexity index is 1320. The van der Waals surface area contributed by atoms with Gasteiger partial charge in [-0.3, -0.25) is 4.79 Å². The van der Waals surface area contributed by atoms with E-state index in [2.05, 4.69) is 34.2 Å². The molecule has 1 amide bonds. The van der Waals surface area contributed by atoms with Crippen LogP contribution in [0.5, 0.6) is 0 Å². The summed E-state index contributed by atoms with van der Waals surface area (Å²) in [7, 11) is 0. The SMILES string of the molecule is C[C@H]1COCCN1c1cc(N2CC3CCC(C2)O3)c2ccc(-c3ccc4c(c3)C(=O)NC4)nc2n1. The number of morpholine rings is 2. The van der Waals surface area contributed by atoms with Gasteiger partial charge in [0.15, 0.2) is 5.65 Å². The summed E-state index contributed by atoms with van der Waals surface area (Å²) < 4.78 is 11.8. The third-order valence-corrected chi connectivity index (χ3v) is 7.77. The van der Waals surface area contributed by atoms with Crippen LogP contribution >= 0.6 is 0 Å². The van der Waals surface area contributed by atoms with Crippen LogP contribution in [0.3, 0.4) is 0 Å². The molecule has 0 saturated carbocycles. The molecule has 7 rings (SSSR count). The van der Waals surface area contributed by atoms with E-state index in [-0.39, 0.29) is 11.9 Å². The van der Waals surface area contributed by atoms with E-state index in [1.165, 1.54) is 5.69 Å². The molecular formula is C27H29N5O3. The quantitative estimate of drug-likeness (QED) is 0.629. The number of pyridine rings is 2. The van der Waals surface area contributed by atoms with Gasteiger partial charge in [0.1, 0.15) is 5.82 Å². The molecule has 8 heteroatoms. The number of nitrogens with one attached hydrogen (secondary N) is 1. The van der Waals surface area contributed by atoms with Gasteiger partial charge in [-0.1, -0.05) is 12.1 Å². The standard InChI is InChI=1S/C27H29N5O3/c1-16-15-34-9-8-32(16)25-11-24(31-13-19-4-5-20(14-31)35-19)21-6-7-23(29-26(21)30-25)17-2-3-18-12-28-27(33)22(18)10-17/h2-3,6-7,10-11,16,19-20H,4-5,8-9,12-15H2,1H3,(H,28,33)/t16-,19?,20?/m0/s1. The maximum Gasteiger partial charge on any atom is 0.251 e. The normalized spacial score (nSPS) is 25.7. The number of anilines is 2. The molecule has 3 fully saturated rings. The average Bonchev–Trinajstić information content (AvgIpc) is 3.43. The van der Waals surface area contributed by atoms with E-state index in [1.54, 1.807) is 0 Å². The van der Waals surface area contributed by atoms with E-state index in [0.29, 0.717) is 32.0 Å². The molecule has 0 radical (unpaired) electrons. The van der Waals surface area contributed by atoms with E-state index < -0.39 is 0 Å².